The number of hydrogen-bond donors (Lipinski definition) is 1. The maximum absolute atomic E-state index is 11.9. The standard InChI is InChI=1S/C13H20N2O3/c1-5-11-12(10(4)18-15-11)13(16)14-6-7-17-8-9(2)3/h2,5-8H2,1,3-4H3,(H,14,16). The summed E-state index contributed by atoms with van der Waals surface area (Å²) in [5, 5.41) is 6.62. The molecule has 1 N–H and O–H groups in total. The number of carbonyl (C=O) groups is 1. The third kappa shape index (κ3) is 4.00. The van der Waals surface area contributed by atoms with E-state index >= 15 is 0 Å². The number of carbonyl (C=O) groups excluding carboxylic acids is 1. The average molecular weight is 252 g/mol. The van der Waals surface area contributed by atoms with E-state index in [1.54, 1.807) is 6.92 Å². The van der Waals surface area contributed by atoms with Crippen molar-refractivity contribution < 1.29 is 14.1 Å². The molecule has 0 aliphatic carbocycles. The minimum absolute atomic E-state index is 0.162. The lowest BCUT2D eigenvalue weighted by molar-refractivity contribution is 0.0924. The summed E-state index contributed by atoms with van der Waals surface area (Å²) in [7, 11) is 0. The summed E-state index contributed by atoms with van der Waals surface area (Å²) in [6.07, 6.45) is 0.673. The van der Waals surface area contributed by atoms with Crippen LogP contribution in [0.4, 0.5) is 0 Å². The van der Waals surface area contributed by atoms with Crippen LogP contribution in [0.3, 0.4) is 0 Å². The summed E-state index contributed by atoms with van der Waals surface area (Å²) in [5.74, 6) is 0.386. The fourth-order valence-electron chi connectivity index (χ4n) is 1.52. The van der Waals surface area contributed by atoms with Crippen LogP contribution in [0, 0.1) is 6.92 Å². The average Bonchev–Trinajstić information content (AvgIpc) is 2.69. The van der Waals surface area contributed by atoms with Crippen molar-refractivity contribution in [2.45, 2.75) is 27.2 Å². The number of nitrogens with one attached hydrogen (secondary N) is 1. The van der Waals surface area contributed by atoms with Crippen molar-refractivity contribution in [2.75, 3.05) is 19.8 Å². The van der Waals surface area contributed by atoms with E-state index in [2.05, 4.69) is 17.1 Å². The van der Waals surface area contributed by atoms with E-state index in [0.717, 1.165) is 5.57 Å². The van der Waals surface area contributed by atoms with Crippen molar-refractivity contribution in [1.82, 2.24) is 10.5 Å². The number of aromatic nitrogens is 1. The largest absolute Gasteiger partial charge is 0.375 e. The Hall–Kier alpha value is -1.62. The third-order valence-corrected chi connectivity index (χ3v) is 2.38. The van der Waals surface area contributed by atoms with Crippen LogP contribution >= 0.6 is 0 Å². The van der Waals surface area contributed by atoms with Gasteiger partial charge in [0, 0.05) is 6.54 Å². The van der Waals surface area contributed by atoms with Crippen molar-refractivity contribution in [2.24, 2.45) is 0 Å². The van der Waals surface area contributed by atoms with Crippen LogP contribution in [0.15, 0.2) is 16.7 Å². The van der Waals surface area contributed by atoms with Gasteiger partial charge in [0.15, 0.2) is 0 Å². The molecule has 0 unspecified atom stereocenters. The molecule has 18 heavy (non-hydrogen) atoms. The van der Waals surface area contributed by atoms with E-state index in [1.807, 2.05) is 13.8 Å². The second-order valence-electron chi connectivity index (χ2n) is 4.18. The zero-order valence-corrected chi connectivity index (χ0v) is 11.2. The molecule has 0 aliphatic heterocycles. The molecule has 0 bridgehead atoms. The molecule has 0 fully saturated rings. The molecule has 1 aromatic rings. The molecule has 5 heteroatoms. The minimum Gasteiger partial charge on any atom is -0.375 e. The highest BCUT2D eigenvalue weighted by molar-refractivity contribution is 5.96. The fraction of sp³-hybridized carbons (Fsp3) is 0.538. The van der Waals surface area contributed by atoms with Crippen LogP contribution in [0.25, 0.3) is 0 Å². The van der Waals surface area contributed by atoms with Crippen molar-refractivity contribution in [3.05, 3.63) is 29.2 Å². The summed E-state index contributed by atoms with van der Waals surface area (Å²) in [6, 6.07) is 0. The van der Waals surface area contributed by atoms with Gasteiger partial charge in [0.2, 0.25) is 0 Å². The lowest BCUT2D eigenvalue weighted by atomic mass is 10.1. The van der Waals surface area contributed by atoms with Crippen LogP contribution in [0.2, 0.25) is 0 Å². The summed E-state index contributed by atoms with van der Waals surface area (Å²) in [4.78, 5) is 11.9. The van der Waals surface area contributed by atoms with Crippen LogP contribution in [0.1, 0.15) is 35.7 Å². The Morgan fingerprint density at radius 2 is 2.28 bits per heavy atom. The smallest absolute Gasteiger partial charge is 0.256 e. The SMILES string of the molecule is C=C(C)COCCNC(=O)c1c(CC)noc1C. The van der Waals surface area contributed by atoms with Crippen LogP contribution in [0.5, 0.6) is 0 Å². The molecule has 0 aliphatic rings. The number of hydrogen-bond acceptors (Lipinski definition) is 4. The van der Waals surface area contributed by atoms with E-state index < -0.39 is 0 Å². The molecule has 0 atom stereocenters. The summed E-state index contributed by atoms with van der Waals surface area (Å²) in [5.41, 5.74) is 2.19. The molecule has 100 valence electrons. The van der Waals surface area contributed by atoms with Gasteiger partial charge in [-0.3, -0.25) is 4.79 Å². The van der Waals surface area contributed by atoms with E-state index in [9.17, 15) is 4.79 Å². The molecule has 5 nitrogen and oxygen atoms in total. The Balaban J connectivity index is 2.41. The first-order chi connectivity index (χ1) is 8.56. The highest BCUT2D eigenvalue weighted by atomic mass is 16.5. The maximum atomic E-state index is 11.9. The molecule has 1 amide bonds. The second-order valence-corrected chi connectivity index (χ2v) is 4.18. The van der Waals surface area contributed by atoms with Crippen molar-refractivity contribution in [1.29, 1.82) is 0 Å². The molecule has 0 aromatic carbocycles. The maximum Gasteiger partial charge on any atom is 0.256 e. The number of ether oxygens (including phenoxy) is 1. The molecule has 1 aromatic heterocycles. The molecule has 1 heterocycles. The van der Waals surface area contributed by atoms with Crippen molar-refractivity contribution in [3.8, 4) is 0 Å². The van der Waals surface area contributed by atoms with Gasteiger partial charge in [-0.05, 0) is 20.3 Å². The minimum atomic E-state index is -0.162. The van der Waals surface area contributed by atoms with Gasteiger partial charge in [0.25, 0.3) is 5.91 Å². The quantitative estimate of drug-likeness (QED) is 0.594. The van der Waals surface area contributed by atoms with Crippen LogP contribution in [-0.4, -0.2) is 30.8 Å². The first-order valence-electron chi connectivity index (χ1n) is 6.01. The normalized spacial score (nSPS) is 10.4. The highest BCUT2D eigenvalue weighted by Gasteiger charge is 2.18. The second kappa shape index (κ2) is 6.96. The zero-order valence-electron chi connectivity index (χ0n) is 11.2. The van der Waals surface area contributed by atoms with Crippen molar-refractivity contribution in [3.63, 3.8) is 0 Å². The molecule has 0 radical (unpaired) electrons. The van der Waals surface area contributed by atoms with Gasteiger partial charge in [-0.1, -0.05) is 24.2 Å². The molecule has 0 spiro atoms. The number of amides is 1. The van der Waals surface area contributed by atoms with Crippen LogP contribution < -0.4 is 5.32 Å². The Labute approximate surface area is 107 Å². The molecule has 0 saturated carbocycles. The monoisotopic (exact) mass is 252 g/mol. The molecular formula is C13H20N2O3. The number of aryl methyl sites for hydroxylation is 2. The van der Waals surface area contributed by atoms with Gasteiger partial charge in [-0.25, -0.2) is 0 Å². The Morgan fingerprint density at radius 1 is 1.56 bits per heavy atom. The van der Waals surface area contributed by atoms with Crippen molar-refractivity contribution >= 4 is 5.91 Å². The van der Waals surface area contributed by atoms with Gasteiger partial charge in [-0.2, -0.15) is 0 Å². The lowest BCUT2D eigenvalue weighted by Crippen LogP contribution is -2.28. The van der Waals surface area contributed by atoms with E-state index in [-0.39, 0.29) is 5.91 Å². The summed E-state index contributed by atoms with van der Waals surface area (Å²) < 4.78 is 10.3. The molecule has 0 saturated heterocycles. The van der Waals surface area contributed by atoms with Gasteiger partial charge >= 0.3 is 0 Å². The summed E-state index contributed by atoms with van der Waals surface area (Å²) in [6.45, 7) is 10.7. The van der Waals surface area contributed by atoms with E-state index in [4.69, 9.17) is 9.26 Å². The highest BCUT2D eigenvalue weighted by Crippen LogP contribution is 2.13. The van der Waals surface area contributed by atoms with Gasteiger partial charge in [0.1, 0.15) is 11.3 Å². The Kier molecular flexibility index (Phi) is 5.58. The van der Waals surface area contributed by atoms with E-state index in [1.165, 1.54) is 0 Å². The van der Waals surface area contributed by atoms with Gasteiger partial charge in [-0.15, -0.1) is 0 Å². The van der Waals surface area contributed by atoms with E-state index in [0.29, 0.717) is 43.2 Å². The number of rotatable bonds is 7. The molecule has 1 rings (SSSR count). The van der Waals surface area contributed by atoms with Gasteiger partial charge < -0.3 is 14.6 Å². The predicted octanol–water partition coefficient (Wildman–Crippen LogP) is 1.87. The lowest BCUT2D eigenvalue weighted by Gasteiger charge is -2.06. The Bertz CT molecular complexity index is 424. The van der Waals surface area contributed by atoms with Gasteiger partial charge in [0.05, 0.1) is 18.9 Å². The fourth-order valence-corrected chi connectivity index (χ4v) is 1.52. The first kappa shape index (κ1) is 14.4. The summed E-state index contributed by atoms with van der Waals surface area (Å²) >= 11 is 0. The topological polar surface area (TPSA) is 64.4 Å². The zero-order chi connectivity index (χ0) is 13.5. The van der Waals surface area contributed by atoms with Crippen LogP contribution in [-0.2, 0) is 11.2 Å². The third-order valence-electron chi connectivity index (χ3n) is 2.38. The predicted molar refractivity (Wildman–Crippen MR) is 68.6 cm³/mol. The Morgan fingerprint density at radius 3 is 2.89 bits per heavy atom. The molecular weight excluding hydrogens is 232 g/mol. The first-order valence-corrected chi connectivity index (χ1v) is 6.01. The number of nitrogens with zero attached hydrogens (tertiary/aromatic N) is 1.